The minimum Gasteiger partial charge on any atom is -0.493 e. The molecule has 1 aromatic rings. The van der Waals surface area contributed by atoms with Crippen LogP contribution in [0.1, 0.15) is 32.3 Å². The first kappa shape index (κ1) is 16.8. The second-order valence-corrected chi connectivity index (χ2v) is 4.71. The van der Waals surface area contributed by atoms with Crippen LogP contribution in [0.4, 0.5) is 0 Å². The van der Waals surface area contributed by atoms with E-state index in [9.17, 15) is 0 Å². The summed E-state index contributed by atoms with van der Waals surface area (Å²) < 4.78 is 16.4. The molecule has 0 radical (unpaired) electrons. The van der Waals surface area contributed by atoms with E-state index in [4.69, 9.17) is 14.2 Å². The molecule has 1 aromatic carbocycles. The Kier molecular flexibility index (Phi) is 8.07. The molecular weight excluding hydrogens is 254 g/mol. The third kappa shape index (κ3) is 5.39. The fourth-order valence-electron chi connectivity index (χ4n) is 1.96. The monoisotopic (exact) mass is 281 g/mol. The highest BCUT2D eigenvalue weighted by molar-refractivity contribution is 5.43. The van der Waals surface area contributed by atoms with Gasteiger partial charge in [0, 0.05) is 20.2 Å². The molecular formula is C16H27NO3. The average Bonchev–Trinajstić information content (AvgIpc) is 2.49. The van der Waals surface area contributed by atoms with Crippen molar-refractivity contribution < 1.29 is 14.2 Å². The predicted octanol–water partition coefficient (Wildman–Crippen LogP) is 3.00. The zero-order valence-corrected chi connectivity index (χ0v) is 13.1. The topological polar surface area (TPSA) is 39.7 Å². The van der Waals surface area contributed by atoms with Crippen LogP contribution in [-0.2, 0) is 11.3 Å². The maximum absolute atomic E-state index is 5.97. The van der Waals surface area contributed by atoms with Crippen LogP contribution in [0.3, 0.4) is 0 Å². The van der Waals surface area contributed by atoms with Gasteiger partial charge in [-0.3, -0.25) is 0 Å². The van der Waals surface area contributed by atoms with E-state index in [1.807, 2.05) is 12.1 Å². The molecule has 0 fully saturated rings. The largest absolute Gasteiger partial charge is 0.493 e. The van der Waals surface area contributed by atoms with E-state index < -0.39 is 0 Å². The molecule has 0 heterocycles. The highest BCUT2D eigenvalue weighted by Gasteiger charge is 2.10. The van der Waals surface area contributed by atoms with E-state index in [2.05, 4.69) is 25.2 Å². The number of nitrogens with one attached hydrogen (secondary N) is 1. The van der Waals surface area contributed by atoms with Gasteiger partial charge in [0.2, 0.25) is 0 Å². The van der Waals surface area contributed by atoms with Gasteiger partial charge in [-0.05, 0) is 30.5 Å². The molecule has 0 saturated heterocycles. The standard InChI is InChI=1S/C16H27NO3/c1-5-14(6-2)20-15-8-7-13(11-16(15)19-4)12-17-9-10-18-3/h7-8,11,14,17H,5-6,9-10,12H2,1-4H3. The van der Waals surface area contributed by atoms with Gasteiger partial charge in [-0.15, -0.1) is 0 Å². The zero-order valence-electron chi connectivity index (χ0n) is 13.1. The lowest BCUT2D eigenvalue weighted by molar-refractivity contribution is 0.185. The molecule has 1 N–H and O–H groups in total. The summed E-state index contributed by atoms with van der Waals surface area (Å²) in [6.07, 6.45) is 2.24. The van der Waals surface area contributed by atoms with Crippen molar-refractivity contribution >= 4 is 0 Å². The van der Waals surface area contributed by atoms with E-state index in [0.717, 1.165) is 37.4 Å². The Morgan fingerprint density at radius 1 is 1.10 bits per heavy atom. The van der Waals surface area contributed by atoms with Gasteiger partial charge in [-0.1, -0.05) is 19.9 Å². The van der Waals surface area contributed by atoms with Crippen molar-refractivity contribution in [2.24, 2.45) is 0 Å². The van der Waals surface area contributed by atoms with Gasteiger partial charge >= 0.3 is 0 Å². The van der Waals surface area contributed by atoms with Gasteiger partial charge in [0.25, 0.3) is 0 Å². The van der Waals surface area contributed by atoms with Crippen molar-refractivity contribution in [1.82, 2.24) is 5.32 Å². The summed E-state index contributed by atoms with van der Waals surface area (Å²) in [4.78, 5) is 0. The van der Waals surface area contributed by atoms with Gasteiger partial charge in [-0.25, -0.2) is 0 Å². The molecule has 0 unspecified atom stereocenters. The Labute approximate surface area is 122 Å². The van der Waals surface area contributed by atoms with Crippen LogP contribution in [0.2, 0.25) is 0 Å². The second kappa shape index (κ2) is 9.61. The smallest absolute Gasteiger partial charge is 0.161 e. The van der Waals surface area contributed by atoms with Crippen molar-refractivity contribution in [3.05, 3.63) is 23.8 Å². The number of hydrogen-bond acceptors (Lipinski definition) is 4. The van der Waals surface area contributed by atoms with E-state index in [1.54, 1.807) is 14.2 Å². The van der Waals surface area contributed by atoms with Crippen molar-refractivity contribution in [3.63, 3.8) is 0 Å². The first-order valence-electron chi connectivity index (χ1n) is 7.28. The molecule has 0 aliphatic rings. The fraction of sp³-hybridized carbons (Fsp3) is 0.625. The summed E-state index contributed by atoms with van der Waals surface area (Å²) in [5.41, 5.74) is 1.18. The third-order valence-electron chi connectivity index (χ3n) is 3.24. The van der Waals surface area contributed by atoms with E-state index >= 15 is 0 Å². The molecule has 0 amide bonds. The Balaban J connectivity index is 2.64. The maximum atomic E-state index is 5.97. The number of methoxy groups -OCH3 is 2. The van der Waals surface area contributed by atoms with E-state index in [1.165, 1.54) is 5.56 Å². The Bertz CT molecular complexity index is 378. The van der Waals surface area contributed by atoms with Crippen LogP contribution in [0.15, 0.2) is 18.2 Å². The SMILES string of the molecule is CCC(CC)Oc1ccc(CNCCOC)cc1OC. The van der Waals surface area contributed by atoms with Crippen LogP contribution in [0.25, 0.3) is 0 Å². The van der Waals surface area contributed by atoms with Gasteiger partial charge < -0.3 is 19.5 Å². The first-order chi connectivity index (χ1) is 9.74. The number of rotatable bonds is 10. The zero-order chi connectivity index (χ0) is 14.8. The molecule has 4 nitrogen and oxygen atoms in total. The highest BCUT2D eigenvalue weighted by atomic mass is 16.5. The van der Waals surface area contributed by atoms with Crippen molar-refractivity contribution in [2.45, 2.75) is 39.3 Å². The van der Waals surface area contributed by atoms with Gasteiger partial charge in [0.1, 0.15) is 0 Å². The molecule has 0 atom stereocenters. The van der Waals surface area contributed by atoms with Gasteiger partial charge in [0.05, 0.1) is 19.8 Å². The average molecular weight is 281 g/mol. The minimum absolute atomic E-state index is 0.245. The van der Waals surface area contributed by atoms with Crippen molar-refractivity contribution in [2.75, 3.05) is 27.4 Å². The van der Waals surface area contributed by atoms with Crippen LogP contribution in [0.5, 0.6) is 11.5 Å². The second-order valence-electron chi connectivity index (χ2n) is 4.71. The quantitative estimate of drug-likeness (QED) is 0.669. The maximum Gasteiger partial charge on any atom is 0.161 e. The summed E-state index contributed by atoms with van der Waals surface area (Å²) in [6, 6.07) is 6.09. The molecule has 0 bridgehead atoms. The molecule has 0 aliphatic heterocycles. The molecule has 0 spiro atoms. The molecule has 20 heavy (non-hydrogen) atoms. The van der Waals surface area contributed by atoms with Crippen LogP contribution in [-0.4, -0.2) is 33.5 Å². The number of hydrogen-bond donors (Lipinski definition) is 1. The van der Waals surface area contributed by atoms with Crippen molar-refractivity contribution in [1.29, 1.82) is 0 Å². The summed E-state index contributed by atoms with van der Waals surface area (Å²) in [7, 11) is 3.38. The third-order valence-corrected chi connectivity index (χ3v) is 3.24. The van der Waals surface area contributed by atoms with Crippen LogP contribution >= 0.6 is 0 Å². The first-order valence-corrected chi connectivity index (χ1v) is 7.28. The molecule has 1 rings (SSSR count). The summed E-state index contributed by atoms with van der Waals surface area (Å²) >= 11 is 0. The number of benzene rings is 1. The van der Waals surface area contributed by atoms with Gasteiger partial charge in [-0.2, -0.15) is 0 Å². The lowest BCUT2D eigenvalue weighted by Gasteiger charge is -2.18. The predicted molar refractivity (Wildman–Crippen MR) is 81.6 cm³/mol. The Morgan fingerprint density at radius 3 is 2.45 bits per heavy atom. The fourth-order valence-corrected chi connectivity index (χ4v) is 1.96. The highest BCUT2D eigenvalue weighted by Crippen LogP contribution is 2.29. The normalized spacial score (nSPS) is 10.8. The lowest BCUT2D eigenvalue weighted by atomic mass is 10.2. The molecule has 0 aromatic heterocycles. The molecule has 0 aliphatic carbocycles. The van der Waals surface area contributed by atoms with E-state index in [0.29, 0.717) is 6.61 Å². The Hall–Kier alpha value is -1.26. The lowest BCUT2D eigenvalue weighted by Crippen LogP contribution is -2.18. The van der Waals surface area contributed by atoms with Crippen LogP contribution < -0.4 is 14.8 Å². The number of ether oxygens (including phenoxy) is 3. The van der Waals surface area contributed by atoms with Gasteiger partial charge in [0.15, 0.2) is 11.5 Å². The summed E-state index contributed by atoms with van der Waals surface area (Å²) in [6.45, 7) is 6.62. The van der Waals surface area contributed by atoms with E-state index in [-0.39, 0.29) is 6.10 Å². The molecule has 4 heteroatoms. The Morgan fingerprint density at radius 2 is 1.85 bits per heavy atom. The van der Waals surface area contributed by atoms with Crippen molar-refractivity contribution in [3.8, 4) is 11.5 Å². The summed E-state index contributed by atoms with van der Waals surface area (Å²) in [5.74, 6) is 1.62. The molecule has 0 saturated carbocycles. The minimum atomic E-state index is 0.245. The van der Waals surface area contributed by atoms with Crippen LogP contribution in [0, 0.1) is 0 Å². The molecule has 114 valence electrons. The summed E-state index contributed by atoms with van der Waals surface area (Å²) in [5, 5.41) is 3.32.